The van der Waals surface area contributed by atoms with Crippen LogP contribution in [-0.2, 0) is 10.6 Å². The van der Waals surface area contributed by atoms with E-state index in [1.165, 1.54) is 11.3 Å². The predicted molar refractivity (Wildman–Crippen MR) is 75.9 cm³/mol. The molecule has 4 heteroatoms. The number of anilines is 1. The molecule has 2 rings (SSSR count). The van der Waals surface area contributed by atoms with Crippen molar-refractivity contribution in [3.63, 3.8) is 0 Å². The summed E-state index contributed by atoms with van der Waals surface area (Å²) >= 11 is 9.50. The number of rotatable bonds is 2. The third-order valence-electron chi connectivity index (χ3n) is 2.95. The third-order valence-corrected chi connectivity index (χ3v) is 3.73. The Labute approximate surface area is 116 Å². The second kappa shape index (κ2) is 5.59. The van der Waals surface area contributed by atoms with E-state index >= 15 is 0 Å². The van der Waals surface area contributed by atoms with Crippen molar-refractivity contribution in [3.05, 3.63) is 28.2 Å². The molecule has 0 radical (unpaired) electrons. The molecule has 1 aromatic carbocycles. The molecule has 1 aliphatic rings. The number of alkyl halides is 1. The summed E-state index contributed by atoms with van der Waals surface area (Å²) in [5.41, 5.74) is 2.40. The Kier molecular flexibility index (Phi) is 4.34. The van der Waals surface area contributed by atoms with Gasteiger partial charge in [-0.2, -0.15) is 0 Å². The first kappa shape index (κ1) is 13.2. The molecule has 0 unspecified atom stereocenters. The zero-order valence-corrected chi connectivity index (χ0v) is 12.5. The summed E-state index contributed by atoms with van der Waals surface area (Å²) in [5, 5.41) is 0. The van der Waals surface area contributed by atoms with Crippen molar-refractivity contribution in [3.8, 4) is 0 Å². The molecule has 94 valence electrons. The molecule has 2 nitrogen and oxygen atoms in total. The number of morpholine rings is 1. The van der Waals surface area contributed by atoms with E-state index in [1.54, 1.807) is 0 Å². The molecule has 0 aromatic heterocycles. The van der Waals surface area contributed by atoms with Gasteiger partial charge >= 0.3 is 0 Å². The highest BCUT2D eigenvalue weighted by molar-refractivity contribution is 9.10. The number of nitrogens with zero attached hydrogens (tertiary/aromatic N) is 1. The highest BCUT2D eigenvalue weighted by Crippen LogP contribution is 2.28. The van der Waals surface area contributed by atoms with Gasteiger partial charge in [0.1, 0.15) is 0 Å². The van der Waals surface area contributed by atoms with Crippen molar-refractivity contribution >= 4 is 33.2 Å². The van der Waals surface area contributed by atoms with Crippen molar-refractivity contribution in [2.24, 2.45) is 0 Å². The number of halogens is 2. The van der Waals surface area contributed by atoms with Gasteiger partial charge in [-0.1, -0.05) is 15.9 Å². The van der Waals surface area contributed by atoms with E-state index in [4.69, 9.17) is 16.3 Å². The van der Waals surface area contributed by atoms with Crippen LogP contribution in [0.2, 0.25) is 0 Å². The monoisotopic (exact) mass is 317 g/mol. The minimum Gasteiger partial charge on any atom is -0.372 e. The molecule has 1 aromatic rings. The summed E-state index contributed by atoms with van der Waals surface area (Å²) in [4.78, 5) is 2.36. The number of ether oxygens (including phenoxy) is 1. The van der Waals surface area contributed by atoms with Crippen LogP contribution in [0.1, 0.15) is 19.4 Å². The summed E-state index contributed by atoms with van der Waals surface area (Å²) in [5.74, 6) is 0.537. The molecule has 0 spiro atoms. The molecule has 0 N–H and O–H groups in total. The van der Waals surface area contributed by atoms with E-state index in [0.717, 1.165) is 17.6 Å². The quantitative estimate of drug-likeness (QED) is 0.769. The Bertz CT molecular complexity index is 389. The molecule has 0 saturated carbocycles. The van der Waals surface area contributed by atoms with Crippen LogP contribution in [0.4, 0.5) is 5.69 Å². The zero-order valence-electron chi connectivity index (χ0n) is 10.1. The average Bonchev–Trinajstić information content (AvgIpc) is 2.27. The van der Waals surface area contributed by atoms with E-state index in [0.29, 0.717) is 5.88 Å². The predicted octanol–water partition coefficient (Wildman–Crippen LogP) is 3.80. The van der Waals surface area contributed by atoms with E-state index in [9.17, 15) is 0 Å². The molecule has 1 fully saturated rings. The Morgan fingerprint density at radius 1 is 1.35 bits per heavy atom. The summed E-state index contributed by atoms with van der Waals surface area (Å²) in [7, 11) is 0. The topological polar surface area (TPSA) is 12.5 Å². The van der Waals surface area contributed by atoms with Crippen LogP contribution in [0.3, 0.4) is 0 Å². The molecule has 1 heterocycles. The lowest BCUT2D eigenvalue weighted by molar-refractivity contribution is -0.00525. The lowest BCUT2D eigenvalue weighted by atomic mass is 10.1. The van der Waals surface area contributed by atoms with Gasteiger partial charge in [0.05, 0.1) is 12.2 Å². The van der Waals surface area contributed by atoms with Crippen molar-refractivity contribution in [2.75, 3.05) is 18.0 Å². The molecule has 1 aliphatic heterocycles. The maximum atomic E-state index is 6.02. The van der Waals surface area contributed by atoms with Crippen LogP contribution < -0.4 is 4.90 Å². The molecular formula is C13H17BrClNO. The summed E-state index contributed by atoms with van der Waals surface area (Å²) in [6.07, 6.45) is 0.538. The molecule has 0 aliphatic carbocycles. The van der Waals surface area contributed by atoms with Gasteiger partial charge in [-0.3, -0.25) is 0 Å². The number of hydrogen-bond acceptors (Lipinski definition) is 2. The highest BCUT2D eigenvalue weighted by atomic mass is 79.9. The summed E-state index contributed by atoms with van der Waals surface area (Å²) < 4.78 is 6.83. The van der Waals surface area contributed by atoms with Crippen LogP contribution >= 0.6 is 27.5 Å². The lowest BCUT2D eigenvalue weighted by Gasteiger charge is -2.37. The van der Waals surface area contributed by atoms with Crippen molar-refractivity contribution in [2.45, 2.75) is 31.9 Å². The fourth-order valence-corrected chi connectivity index (χ4v) is 2.97. The standard InChI is InChI=1S/C13H17BrClNO/c1-9-7-16(8-10(2)17-9)13-4-3-12(14)5-11(13)6-15/h3-5,9-10H,6-8H2,1-2H3/t9-,10+. The van der Waals surface area contributed by atoms with E-state index in [-0.39, 0.29) is 12.2 Å². The normalized spacial score (nSPS) is 25.1. The van der Waals surface area contributed by atoms with Crippen LogP contribution in [0.5, 0.6) is 0 Å². The fraction of sp³-hybridized carbons (Fsp3) is 0.538. The number of benzene rings is 1. The fourth-order valence-electron chi connectivity index (χ4n) is 2.34. The first-order valence-electron chi connectivity index (χ1n) is 5.85. The minimum atomic E-state index is 0.269. The molecule has 0 amide bonds. The maximum absolute atomic E-state index is 6.02. The molecule has 17 heavy (non-hydrogen) atoms. The third kappa shape index (κ3) is 3.15. The summed E-state index contributed by atoms with van der Waals surface area (Å²) in [6, 6.07) is 6.29. The Hall–Kier alpha value is -0.250. The van der Waals surface area contributed by atoms with Crippen molar-refractivity contribution in [1.82, 2.24) is 0 Å². The molecule has 0 bridgehead atoms. The largest absolute Gasteiger partial charge is 0.372 e. The van der Waals surface area contributed by atoms with E-state index in [2.05, 4.69) is 52.9 Å². The van der Waals surface area contributed by atoms with Gasteiger partial charge in [0.15, 0.2) is 0 Å². The first-order valence-corrected chi connectivity index (χ1v) is 7.17. The smallest absolute Gasteiger partial charge is 0.0726 e. The first-order chi connectivity index (χ1) is 8.10. The second-order valence-electron chi connectivity index (χ2n) is 4.57. The maximum Gasteiger partial charge on any atom is 0.0726 e. The zero-order chi connectivity index (χ0) is 12.4. The second-order valence-corrected chi connectivity index (χ2v) is 5.75. The molecular weight excluding hydrogens is 302 g/mol. The van der Waals surface area contributed by atoms with Crippen LogP contribution in [0.15, 0.2) is 22.7 Å². The Balaban J connectivity index is 2.26. The SMILES string of the molecule is C[C@@H]1CN(c2ccc(Br)cc2CCl)C[C@H](C)O1. The van der Waals surface area contributed by atoms with Gasteiger partial charge in [-0.15, -0.1) is 11.6 Å². The van der Waals surface area contributed by atoms with Gasteiger partial charge in [-0.05, 0) is 37.6 Å². The van der Waals surface area contributed by atoms with Crippen LogP contribution in [0, 0.1) is 0 Å². The number of hydrogen-bond donors (Lipinski definition) is 0. The summed E-state index contributed by atoms with van der Waals surface area (Å²) in [6.45, 7) is 6.08. The molecule has 2 atom stereocenters. The Morgan fingerprint density at radius 3 is 2.59 bits per heavy atom. The lowest BCUT2D eigenvalue weighted by Crippen LogP contribution is -2.45. The van der Waals surface area contributed by atoms with E-state index in [1.807, 2.05) is 0 Å². The average molecular weight is 319 g/mol. The van der Waals surface area contributed by atoms with Crippen molar-refractivity contribution in [1.29, 1.82) is 0 Å². The Morgan fingerprint density at radius 2 is 2.00 bits per heavy atom. The highest BCUT2D eigenvalue weighted by Gasteiger charge is 2.23. The molecule has 1 saturated heterocycles. The minimum absolute atomic E-state index is 0.269. The van der Waals surface area contributed by atoms with Crippen molar-refractivity contribution < 1.29 is 4.74 Å². The van der Waals surface area contributed by atoms with Crippen LogP contribution in [0.25, 0.3) is 0 Å². The van der Waals surface area contributed by atoms with Gasteiger partial charge in [-0.25, -0.2) is 0 Å². The van der Waals surface area contributed by atoms with Gasteiger partial charge in [0.2, 0.25) is 0 Å². The van der Waals surface area contributed by atoms with Gasteiger partial charge in [0, 0.05) is 29.1 Å². The van der Waals surface area contributed by atoms with Gasteiger partial charge in [0.25, 0.3) is 0 Å². The van der Waals surface area contributed by atoms with E-state index < -0.39 is 0 Å². The van der Waals surface area contributed by atoms with Gasteiger partial charge < -0.3 is 9.64 Å². The van der Waals surface area contributed by atoms with Crippen LogP contribution in [-0.4, -0.2) is 25.3 Å².